The average Bonchev–Trinajstić information content (AvgIpc) is 3.06. The molecule has 98 valence electrons. The van der Waals surface area contributed by atoms with Crippen molar-refractivity contribution in [3.8, 4) is 11.1 Å². The first kappa shape index (κ1) is 14.8. The quantitative estimate of drug-likeness (QED) is 0.431. The van der Waals surface area contributed by atoms with Crippen LogP contribution in [0.3, 0.4) is 0 Å². The van der Waals surface area contributed by atoms with E-state index in [4.69, 9.17) is 11.6 Å². The molecule has 0 amide bonds. The van der Waals surface area contributed by atoms with Gasteiger partial charge in [-0.05, 0) is 5.02 Å². The van der Waals surface area contributed by atoms with Crippen LogP contribution in [0.25, 0.3) is 11.1 Å². The molecule has 0 saturated carbocycles. The molecule has 3 rings (SSSR count). The summed E-state index contributed by atoms with van der Waals surface area (Å²) < 4.78 is 0. The van der Waals surface area contributed by atoms with Crippen LogP contribution in [-0.2, 0) is 17.1 Å². The fraction of sp³-hybridized carbons (Fsp3) is 0. The monoisotopic (exact) mass is 296 g/mol. The molecule has 0 heterocycles. The number of benzene rings is 1. The summed E-state index contributed by atoms with van der Waals surface area (Å²) in [5, 5.41) is 0.809. The number of hydrogen-bond donors (Lipinski definition) is 0. The van der Waals surface area contributed by atoms with Crippen LogP contribution >= 0.6 is 11.6 Å². The third-order valence-electron chi connectivity index (χ3n) is 2.40. The van der Waals surface area contributed by atoms with Gasteiger partial charge in [0, 0.05) is 17.1 Å². The van der Waals surface area contributed by atoms with E-state index < -0.39 is 0 Å². The van der Waals surface area contributed by atoms with Crippen molar-refractivity contribution in [1.29, 1.82) is 0 Å². The van der Waals surface area contributed by atoms with Crippen LogP contribution in [0.4, 0.5) is 0 Å². The van der Waals surface area contributed by atoms with Gasteiger partial charge in [-0.25, -0.2) is 0 Å². The van der Waals surface area contributed by atoms with Crippen molar-refractivity contribution in [2.75, 3.05) is 0 Å². The van der Waals surface area contributed by atoms with Crippen molar-refractivity contribution in [3.63, 3.8) is 0 Å². The van der Waals surface area contributed by atoms with E-state index in [0.29, 0.717) is 0 Å². The summed E-state index contributed by atoms with van der Waals surface area (Å²) in [5.41, 5.74) is 2.28. The van der Waals surface area contributed by atoms with Gasteiger partial charge in [0.2, 0.25) is 0 Å². The molecule has 0 fully saturated rings. The van der Waals surface area contributed by atoms with Gasteiger partial charge < -0.3 is 30.3 Å². The molecule has 0 bridgehead atoms. The maximum absolute atomic E-state index is 6.02. The third-order valence-corrected chi connectivity index (χ3v) is 2.73. The second-order valence-electron chi connectivity index (χ2n) is 3.62. The first-order valence-electron chi connectivity index (χ1n) is 5.51. The van der Waals surface area contributed by atoms with Crippen LogP contribution in [0, 0.1) is 0 Å². The van der Waals surface area contributed by atoms with E-state index in [0.717, 1.165) is 10.6 Å². The first-order chi connectivity index (χ1) is 8.38. The minimum absolute atomic E-state index is 0. The van der Waals surface area contributed by atoms with Gasteiger partial charge in [0.25, 0.3) is 0 Å². The summed E-state index contributed by atoms with van der Waals surface area (Å²) in [6, 6.07) is 26.0. The Kier molecular flexibility index (Phi) is 6.53. The molecular formula is C16H13ClFe-6. The Labute approximate surface area is 123 Å². The molecule has 18 heavy (non-hydrogen) atoms. The standard InChI is InChI=1S/C11H8Cl.C5H5.Fe/c12-11-8-4-3-7-10(11)9-5-1-2-6-9;1-2-4-5-3-1;/h1-8H;1-5H;/q-1;-5;. The summed E-state index contributed by atoms with van der Waals surface area (Å²) in [7, 11) is 0. The van der Waals surface area contributed by atoms with Crippen molar-refractivity contribution >= 4 is 11.6 Å². The fourth-order valence-corrected chi connectivity index (χ4v) is 1.81. The largest absolute Gasteiger partial charge is 0.748 e. The van der Waals surface area contributed by atoms with Crippen molar-refractivity contribution in [2.45, 2.75) is 0 Å². The molecule has 0 aromatic heterocycles. The average molecular weight is 297 g/mol. The van der Waals surface area contributed by atoms with E-state index in [1.165, 1.54) is 5.56 Å². The molecule has 3 aromatic rings. The number of halogens is 1. The second-order valence-corrected chi connectivity index (χ2v) is 4.02. The Morgan fingerprint density at radius 1 is 0.778 bits per heavy atom. The molecule has 0 aliphatic rings. The van der Waals surface area contributed by atoms with Gasteiger partial charge in [-0.3, -0.25) is 0 Å². The van der Waals surface area contributed by atoms with Crippen LogP contribution in [-0.4, -0.2) is 0 Å². The predicted octanol–water partition coefficient (Wildman–Crippen LogP) is 5.13. The minimum Gasteiger partial charge on any atom is -0.748 e. The molecule has 0 N–H and O–H groups in total. The zero-order chi connectivity index (χ0) is 11.9. The Bertz CT molecular complexity index is 507. The van der Waals surface area contributed by atoms with Gasteiger partial charge in [-0.15, -0.1) is 29.8 Å². The summed E-state index contributed by atoms with van der Waals surface area (Å²) in [4.78, 5) is 0. The van der Waals surface area contributed by atoms with Crippen molar-refractivity contribution in [2.24, 2.45) is 0 Å². The van der Waals surface area contributed by atoms with Crippen molar-refractivity contribution in [1.82, 2.24) is 0 Å². The molecule has 0 radical (unpaired) electrons. The molecule has 0 spiro atoms. The number of hydrogen-bond acceptors (Lipinski definition) is 0. The van der Waals surface area contributed by atoms with E-state index in [1.807, 2.05) is 66.7 Å². The second kappa shape index (κ2) is 7.94. The Morgan fingerprint density at radius 2 is 1.28 bits per heavy atom. The molecule has 0 atom stereocenters. The normalized spacial score (nSPS) is 8.94. The van der Waals surface area contributed by atoms with Crippen LogP contribution in [0.15, 0.2) is 78.9 Å². The Morgan fingerprint density at radius 3 is 1.78 bits per heavy atom. The maximum Gasteiger partial charge on any atom is 0 e. The molecule has 0 aliphatic carbocycles. The fourth-order valence-electron chi connectivity index (χ4n) is 1.57. The number of rotatable bonds is 1. The summed E-state index contributed by atoms with van der Waals surface area (Å²) >= 11 is 6.02. The van der Waals surface area contributed by atoms with Crippen LogP contribution in [0.5, 0.6) is 0 Å². The SMILES string of the molecule is Clc1ccccc1-[c-]1cccc1.[Fe].[cH-]1[cH-][cH-][cH-][cH-]1. The van der Waals surface area contributed by atoms with Gasteiger partial charge in [-0.1, -0.05) is 29.3 Å². The minimum atomic E-state index is 0. The predicted molar refractivity (Wildman–Crippen MR) is 74.5 cm³/mol. The van der Waals surface area contributed by atoms with Gasteiger partial charge in [0.05, 0.1) is 0 Å². The molecule has 0 saturated heterocycles. The molecule has 2 heteroatoms. The summed E-state index contributed by atoms with van der Waals surface area (Å²) in [6.45, 7) is 0. The molecular weight excluding hydrogens is 283 g/mol. The molecule has 0 unspecified atom stereocenters. The Hall–Kier alpha value is -1.27. The van der Waals surface area contributed by atoms with Crippen molar-refractivity contribution < 1.29 is 17.1 Å². The van der Waals surface area contributed by atoms with Crippen LogP contribution in [0.2, 0.25) is 5.02 Å². The topological polar surface area (TPSA) is 0 Å². The zero-order valence-electron chi connectivity index (χ0n) is 9.74. The molecule has 0 nitrogen and oxygen atoms in total. The van der Waals surface area contributed by atoms with E-state index in [-0.39, 0.29) is 17.1 Å². The smallest absolute Gasteiger partial charge is 0 e. The molecule has 3 aromatic carbocycles. The maximum atomic E-state index is 6.02. The third kappa shape index (κ3) is 4.19. The van der Waals surface area contributed by atoms with E-state index in [1.54, 1.807) is 0 Å². The van der Waals surface area contributed by atoms with E-state index in [2.05, 4.69) is 12.1 Å². The van der Waals surface area contributed by atoms with E-state index >= 15 is 0 Å². The van der Waals surface area contributed by atoms with Gasteiger partial charge in [-0.2, -0.15) is 12.1 Å². The summed E-state index contributed by atoms with van der Waals surface area (Å²) in [5.74, 6) is 0. The van der Waals surface area contributed by atoms with Crippen LogP contribution in [0.1, 0.15) is 0 Å². The van der Waals surface area contributed by atoms with Gasteiger partial charge >= 0.3 is 0 Å². The van der Waals surface area contributed by atoms with Crippen molar-refractivity contribution in [3.05, 3.63) is 83.9 Å². The Balaban J connectivity index is 0.000000230. The van der Waals surface area contributed by atoms with Crippen LogP contribution < -0.4 is 0 Å². The first-order valence-corrected chi connectivity index (χ1v) is 5.89. The van der Waals surface area contributed by atoms with Gasteiger partial charge in [0.15, 0.2) is 0 Å². The zero-order valence-corrected chi connectivity index (χ0v) is 11.6. The molecule has 0 aliphatic heterocycles. The summed E-state index contributed by atoms with van der Waals surface area (Å²) in [6.07, 6.45) is 0. The van der Waals surface area contributed by atoms with E-state index in [9.17, 15) is 0 Å². The van der Waals surface area contributed by atoms with Gasteiger partial charge in [0.1, 0.15) is 0 Å².